The van der Waals surface area contributed by atoms with Gasteiger partial charge >= 0.3 is 0 Å². The predicted molar refractivity (Wildman–Crippen MR) is 161 cm³/mol. The van der Waals surface area contributed by atoms with Crippen LogP contribution >= 0.6 is 23.1 Å². The van der Waals surface area contributed by atoms with Crippen LogP contribution in [0.25, 0.3) is 31.8 Å². The van der Waals surface area contributed by atoms with Crippen molar-refractivity contribution in [3.05, 3.63) is 103 Å². The summed E-state index contributed by atoms with van der Waals surface area (Å²) in [5, 5.41) is 7.66. The fourth-order valence-electron chi connectivity index (χ4n) is 4.36. The van der Waals surface area contributed by atoms with Crippen molar-refractivity contribution in [1.82, 2.24) is 4.98 Å². The number of nitrogens with one attached hydrogen (secondary N) is 1. The van der Waals surface area contributed by atoms with Gasteiger partial charge in [0.1, 0.15) is 5.75 Å². The summed E-state index contributed by atoms with van der Waals surface area (Å²) >= 11 is 3.01. The fourth-order valence-corrected chi connectivity index (χ4v) is 6.26. The van der Waals surface area contributed by atoms with Gasteiger partial charge in [0.15, 0.2) is 4.34 Å². The number of hydrogen-bond acceptors (Lipinski definition) is 6. The monoisotopic (exact) mass is 533 g/mol. The van der Waals surface area contributed by atoms with Crippen molar-refractivity contribution in [3.63, 3.8) is 0 Å². The number of thiazole rings is 1. The Morgan fingerprint density at radius 3 is 2.37 bits per heavy atom. The van der Waals surface area contributed by atoms with E-state index in [0.29, 0.717) is 0 Å². The number of amides is 1. The molecule has 1 aromatic heterocycles. The highest BCUT2D eigenvalue weighted by Crippen LogP contribution is 2.33. The molecule has 5 nitrogen and oxygen atoms in total. The van der Waals surface area contributed by atoms with E-state index in [9.17, 15) is 4.79 Å². The van der Waals surface area contributed by atoms with Crippen molar-refractivity contribution in [2.75, 3.05) is 18.2 Å². The maximum absolute atomic E-state index is 12.4. The molecule has 0 aliphatic rings. The first kappa shape index (κ1) is 24.2. The molecule has 7 heteroatoms. The van der Waals surface area contributed by atoms with Gasteiger partial charge in [-0.3, -0.25) is 9.79 Å². The number of hydrogen-bond donors (Lipinski definition) is 1. The first-order valence-electron chi connectivity index (χ1n) is 12.1. The number of methoxy groups -OCH3 is 1. The fraction of sp³-hybridized carbons (Fsp3) is 0.0645. The van der Waals surface area contributed by atoms with Crippen molar-refractivity contribution in [2.24, 2.45) is 4.99 Å². The summed E-state index contributed by atoms with van der Waals surface area (Å²) in [6.45, 7) is 0. The first-order chi connectivity index (χ1) is 18.7. The molecule has 0 saturated heterocycles. The second-order valence-electron chi connectivity index (χ2n) is 8.69. The Balaban J connectivity index is 1.19. The molecular formula is C31H23N3O2S2. The highest BCUT2D eigenvalue weighted by Gasteiger charge is 2.10. The summed E-state index contributed by atoms with van der Waals surface area (Å²) in [5.74, 6) is 0.957. The second-order valence-corrected chi connectivity index (χ2v) is 10.9. The molecule has 0 fully saturated rings. The number of anilines is 1. The third-order valence-corrected chi connectivity index (χ3v) is 8.37. The van der Waals surface area contributed by atoms with Crippen LogP contribution in [0.2, 0.25) is 0 Å². The van der Waals surface area contributed by atoms with Crippen LogP contribution in [-0.4, -0.2) is 30.0 Å². The minimum atomic E-state index is -0.0768. The van der Waals surface area contributed by atoms with Gasteiger partial charge in [0.25, 0.3) is 0 Å². The smallest absolute Gasteiger partial charge is 0.234 e. The molecule has 5 aromatic carbocycles. The highest BCUT2D eigenvalue weighted by atomic mass is 32.2. The molecule has 0 atom stereocenters. The Labute approximate surface area is 228 Å². The number of benzene rings is 5. The number of ether oxygens (including phenoxy) is 1. The zero-order valence-electron chi connectivity index (χ0n) is 20.5. The Morgan fingerprint density at radius 1 is 0.947 bits per heavy atom. The molecule has 1 heterocycles. The molecular weight excluding hydrogens is 510 g/mol. The second kappa shape index (κ2) is 10.7. The van der Waals surface area contributed by atoms with E-state index in [1.165, 1.54) is 33.3 Å². The van der Waals surface area contributed by atoms with Gasteiger partial charge in [-0.15, -0.1) is 11.3 Å². The lowest BCUT2D eigenvalue weighted by atomic mass is 9.97. The number of carbonyl (C=O) groups excluding carboxylic acids is 1. The van der Waals surface area contributed by atoms with Crippen LogP contribution in [0.15, 0.2) is 106 Å². The topological polar surface area (TPSA) is 63.6 Å². The number of carbonyl (C=O) groups is 1. The van der Waals surface area contributed by atoms with E-state index in [2.05, 4.69) is 71.0 Å². The Bertz CT molecular complexity index is 1760. The van der Waals surface area contributed by atoms with Crippen LogP contribution in [0.5, 0.6) is 5.75 Å². The Kier molecular flexibility index (Phi) is 6.77. The van der Waals surface area contributed by atoms with E-state index in [-0.39, 0.29) is 11.7 Å². The zero-order chi connectivity index (χ0) is 25.9. The Morgan fingerprint density at radius 2 is 1.66 bits per heavy atom. The molecule has 0 aliphatic carbocycles. The van der Waals surface area contributed by atoms with Gasteiger partial charge < -0.3 is 10.1 Å². The molecule has 0 radical (unpaired) electrons. The number of thioether (sulfide) groups is 1. The number of aromatic nitrogens is 1. The molecule has 6 rings (SSSR count). The first-order valence-corrected chi connectivity index (χ1v) is 13.9. The number of rotatable bonds is 7. The van der Waals surface area contributed by atoms with Gasteiger partial charge in [-0.25, -0.2) is 4.98 Å². The van der Waals surface area contributed by atoms with Crippen LogP contribution in [0.4, 0.5) is 11.4 Å². The van der Waals surface area contributed by atoms with Crippen LogP contribution in [0, 0.1) is 0 Å². The summed E-state index contributed by atoms with van der Waals surface area (Å²) in [6.07, 6.45) is 1.96. The molecule has 38 heavy (non-hydrogen) atoms. The lowest BCUT2D eigenvalue weighted by Gasteiger charge is -2.07. The Hall–Kier alpha value is -4.20. The van der Waals surface area contributed by atoms with E-state index >= 15 is 0 Å². The zero-order valence-corrected chi connectivity index (χ0v) is 22.2. The number of fused-ring (bicyclic) bond motifs is 3. The molecule has 0 unspecified atom stereocenters. The third kappa shape index (κ3) is 5.11. The van der Waals surface area contributed by atoms with Crippen LogP contribution in [-0.2, 0) is 4.79 Å². The lowest BCUT2D eigenvalue weighted by Crippen LogP contribution is -2.13. The molecule has 1 N–H and O–H groups in total. The third-order valence-electron chi connectivity index (χ3n) is 6.21. The average molecular weight is 534 g/mol. The predicted octanol–water partition coefficient (Wildman–Crippen LogP) is 8.09. The van der Waals surface area contributed by atoms with E-state index in [4.69, 9.17) is 9.73 Å². The lowest BCUT2D eigenvalue weighted by molar-refractivity contribution is -0.113. The van der Waals surface area contributed by atoms with E-state index in [0.717, 1.165) is 37.2 Å². The summed E-state index contributed by atoms with van der Waals surface area (Å²) < 4.78 is 7.05. The number of nitrogens with zero attached hydrogens (tertiary/aromatic N) is 2. The summed E-state index contributed by atoms with van der Waals surface area (Å²) in [6, 6.07) is 32.3. The van der Waals surface area contributed by atoms with E-state index in [1.807, 2.05) is 42.6 Å². The largest absolute Gasteiger partial charge is 0.497 e. The normalized spacial score (nSPS) is 11.5. The van der Waals surface area contributed by atoms with Crippen molar-refractivity contribution >= 4 is 78.4 Å². The molecule has 6 aromatic rings. The van der Waals surface area contributed by atoms with Gasteiger partial charge in [-0.1, -0.05) is 60.3 Å². The van der Waals surface area contributed by atoms with Crippen LogP contribution in [0.1, 0.15) is 5.56 Å². The minimum absolute atomic E-state index is 0.0768. The van der Waals surface area contributed by atoms with Crippen molar-refractivity contribution in [2.45, 2.75) is 4.34 Å². The average Bonchev–Trinajstić information content (AvgIpc) is 3.37. The van der Waals surface area contributed by atoms with Crippen molar-refractivity contribution < 1.29 is 9.53 Å². The van der Waals surface area contributed by atoms with E-state index in [1.54, 1.807) is 18.4 Å². The quantitative estimate of drug-likeness (QED) is 0.128. The maximum atomic E-state index is 12.4. The van der Waals surface area contributed by atoms with Gasteiger partial charge in [-0.05, 0) is 70.1 Å². The molecule has 1 amide bonds. The maximum Gasteiger partial charge on any atom is 0.234 e. The SMILES string of the molecule is COc1ccc(NC(=O)CSc2nc3ccc(N=Cc4c5ccccc5cc5ccccc45)cc3s2)cc1. The van der Waals surface area contributed by atoms with Crippen LogP contribution in [0.3, 0.4) is 0 Å². The molecule has 0 aliphatic heterocycles. The van der Waals surface area contributed by atoms with Gasteiger partial charge in [0.05, 0.1) is 28.8 Å². The summed E-state index contributed by atoms with van der Waals surface area (Å²) in [4.78, 5) is 21.9. The molecule has 0 spiro atoms. The van der Waals surface area contributed by atoms with Gasteiger partial charge in [0.2, 0.25) is 5.91 Å². The standard InChI is InChI=1S/C31H23N3O2S2/c1-36-24-13-10-22(11-14-24)33-30(35)19-37-31-34-28-15-12-23(17-29(28)38-31)32-18-27-25-8-4-2-6-20(25)16-21-7-3-5-9-26(21)27/h2-18H,19H2,1H3,(H,33,35). The molecule has 186 valence electrons. The highest BCUT2D eigenvalue weighted by molar-refractivity contribution is 8.01. The van der Waals surface area contributed by atoms with Gasteiger partial charge in [0, 0.05) is 17.5 Å². The van der Waals surface area contributed by atoms with Gasteiger partial charge in [-0.2, -0.15) is 0 Å². The van der Waals surface area contributed by atoms with Crippen molar-refractivity contribution in [1.29, 1.82) is 0 Å². The van der Waals surface area contributed by atoms with Crippen molar-refractivity contribution in [3.8, 4) is 5.75 Å². The molecule has 0 saturated carbocycles. The summed E-state index contributed by atoms with van der Waals surface area (Å²) in [7, 11) is 1.62. The molecule has 0 bridgehead atoms. The number of aliphatic imine (C=N–C) groups is 1. The summed E-state index contributed by atoms with van der Waals surface area (Å²) in [5.41, 5.74) is 3.62. The van der Waals surface area contributed by atoms with Crippen LogP contribution < -0.4 is 10.1 Å². The minimum Gasteiger partial charge on any atom is -0.497 e. The van der Waals surface area contributed by atoms with E-state index < -0.39 is 0 Å².